The maximum atomic E-state index is 5.68. The Morgan fingerprint density at radius 2 is 2.00 bits per heavy atom. The summed E-state index contributed by atoms with van der Waals surface area (Å²) in [5, 5.41) is 1.91. The number of hydrogen-bond acceptors (Lipinski definition) is 5. The summed E-state index contributed by atoms with van der Waals surface area (Å²) in [7, 11) is 0. The van der Waals surface area contributed by atoms with Crippen LogP contribution in [0.15, 0.2) is 11.6 Å². The quantitative estimate of drug-likeness (QED) is 0.630. The van der Waals surface area contributed by atoms with Gasteiger partial charge in [0.25, 0.3) is 0 Å². The number of rotatable bonds is 1. The SMILES string of the molecule is CC12CO[B-](c3nccs3)(OC1)OC2. The lowest BCUT2D eigenvalue weighted by Gasteiger charge is -2.56. The highest BCUT2D eigenvalue weighted by Crippen LogP contribution is 2.34. The van der Waals surface area contributed by atoms with E-state index in [4.69, 9.17) is 14.0 Å². The van der Waals surface area contributed by atoms with E-state index in [0.717, 1.165) is 4.91 Å². The Morgan fingerprint density at radius 3 is 2.50 bits per heavy atom. The van der Waals surface area contributed by atoms with Crippen molar-refractivity contribution in [3.63, 3.8) is 0 Å². The highest BCUT2D eigenvalue weighted by molar-refractivity contribution is 7.22. The molecule has 0 unspecified atom stereocenters. The van der Waals surface area contributed by atoms with Gasteiger partial charge in [0.05, 0.1) is 0 Å². The van der Waals surface area contributed by atoms with Crippen LogP contribution in [-0.4, -0.2) is 31.6 Å². The van der Waals surface area contributed by atoms with Gasteiger partial charge in [0.1, 0.15) is 0 Å². The molecule has 0 aromatic carbocycles. The maximum Gasteiger partial charge on any atom is 0.437 e. The first-order chi connectivity index (χ1) is 6.73. The van der Waals surface area contributed by atoms with Gasteiger partial charge in [-0.15, -0.1) is 0 Å². The molecule has 3 aliphatic heterocycles. The molecule has 6 heteroatoms. The topological polar surface area (TPSA) is 40.6 Å². The van der Waals surface area contributed by atoms with E-state index in [1.54, 1.807) is 6.20 Å². The molecule has 3 aliphatic rings. The van der Waals surface area contributed by atoms with Crippen molar-refractivity contribution in [2.45, 2.75) is 6.92 Å². The van der Waals surface area contributed by atoms with Gasteiger partial charge in [0.2, 0.25) is 0 Å². The summed E-state index contributed by atoms with van der Waals surface area (Å²) in [5.74, 6) is 0. The summed E-state index contributed by atoms with van der Waals surface area (Å²) in [5.41, 5.74) is 0.0285. The molecule has 0 spiro atoms. The van der Waals surface area contributed by atoms with E-state index >= 15 is 0 Å². The molecule has 76 valence electrons. The van der Waals surface area contributed by atoms with Crippen LogP contribution in [0.1, 0.15) is 6.92 Å². The first-order valence-electron chi connectivity index (χ1n) is 4.68. The molecule has 0 saturated carbocycles. The van der Waals surface area contributed by atoms with Crippen molar-refractivity contribution >= 4 is 23.0 Å². The van der Waals surface area contributed by atoms with Crippen LogP contribution >= 0.6 is 11.3 Å². The Hall–Kier alpha value is -0.425. The Bertz CT molecular complexity index is 318. The zero-order valence-electron chi connectivity index (χ0n) is 7.93. The standard InChI is InChI=1S/C8H11BNO3S/c1-8-4-11-9(12-5-8,13-6-8)7-10-2-3-14-7/h2-3H,4-6H2,1H3/q-1. The van der Waals surface area contributed by atoms with Crippen molar-refractivity contribution in [1.29, 1.82) is 0 Å². The highest BCUT2D eigenvalue weighted by atomic mass is 32.1. The zero-order chi connectivity index (χ0) is 9.65. The molecule has 2 bridgehead atoms. The largest absolute Gasteiger partial charge is 0.539 e. The molecule has 0 amide bonds. The van der Waals surface area contributed by atoms with Gasteiger partial charge in [-0.25, -0.2) is 0 Å². The molecule has 0 aliphatic carbocycles. The van der Waals surface area contributed by atoms with Gasteiger partial charge in [-0.2, -0.15) is 11.3 Å². The Morgan fingerprint density at radius 1 is 1.36 bits per heavy atom. The van der Waals surface area contributed by atoms with Crippen molar-refractivity contribution in [3.05, 3.63) is 11.6 Å². The van der Waals surface area contributed by atoms with E-state index in [1.807, 2.05) is 5.38 Å². The molecule has 0 atom stereocenters. The summed E-state index contributed by atoms with van der Waals surface area (Å²) in [6.45, 7) is 2.50. The predicted molar refractivity (Wildman–Crippen MR) is 53.5 cm³/mol. The smallest absolute Gasteiger partial charge is 0.437 e. The lowest BCUT2D eigenvalue weighted by Crippen LogP contribution is -2.68. The van der Waals surface area contributed by atoms with Crippen LogP contribution in [0.4, 0.5) is 0 Å². The van der Waals surface area contributed by atoms with Crippen molar-refractivity contribution in [2.24, 2.45) is 5.41 Å². The fraction of sp³-hybridized carbons (Fsp3) is 0.625. The molecule has 14 heavy (non-hydrogen) atoms. The molecule has 4 nitrogen and oxygen atoms in total. The molecular weight excluding hydrogens is 201 g/mol. The Labute approximate surface area is 86.2 Å². The summed E-state index contributed by atoms with van der Waals surface area (Å²) < 4.78 is 17.0. The minimum atomic E-state index is -1.70. The fourth-order valence-electron chi connectivity index (χ4n) is 1.82. The van der Waals surface area contributed by atoms with E-state index in [0.29, 0.717) is 19.8 Å². The molecule has 0 N–H and O–H groups in total. The van der Waals surface area contributed by atoms with E-state index in [-0.39, 0.29) is 5.41 Å². The molecule has 1 aromatic heterocycles. The number of aromatic nitrogens is 1. The minimum absolute atomic E-state index is 0.0285. The summed E-state index contributed by atoms with van der Waals surface area (Å²) in [4.78, 5) is 5.01. The van der Waals surface area contributed by atoms with Gasteiger partial charge in [0, 0.05) is 41.7 Å². The number of fused-ring (bicyclic) bond motifs is 3. The van der Waals surface area contributed by atoms with Gasteiger partial charge in [-0.3, -0.25) is 4.98 Å². The van der Waals surface area contributed by atoms with Gasteiger partial charge >= 0.3 is 6.75 Å². The second-order valence-electron chi connectivity index (χ2n) is 4.26. The average molecular weight is 212 g/mol. The number of thiazole rings is 1. The van der Waals surface area contributed by atoms with E-state index in [1.165, 1.54) is 11.3 Å². The fourth-order valence-corrected chi connectivity index (χ4v) is 2.58. The van der Waals surface area contributed by atoms with Crippen LogP contribution in [0, 0.1) is 5.41 Å². The third-order valence-corrected chi connectivity index (χ3v) is 3.60. The van der Waals surface area contributed by atoms with Gasteiger partial charge in [-0.05, 0) is 0 Å². The number of nitrogens with zero attached hydrogens (tertiary/aromatic N) is 1. The van der Waals surface area contributed by atoms with Crippen molar-refractivity contribution in [1.82, 2.24) is 4.98 Å². The summed E-state index contributed by atoms with van der Waals surface area (Å²) in [6.07, 6.45) is 1.75. The molecule has 0 radical (unpaired) electrons. The Balaban J connectivity index is 1.93. The highest BCUT2D eigenvalue weighted by Gasteiger charge is 2.48. The molecule has 1 aromatic rings. The van der Waals surface area contributed by atoms with Crippen LogP contribution in [-0.2, 0) is 14.0 Å². The number of hydrogen-bond donors (Lipinski definition) is 0. The van der Waals surface area contributed by atoms with E-state index in [2.05, 4.69) is 11.9 Å². The van der Waals surface area contributed by atoms with Gasteiger partial charge in [-0.1, -0.05) is 6.92 Å². The predicted octanol–water partition coefficient (Wildman–Crippen LogP) is 0.372. The normalized spacial score (nSPS) is 41.5. The van der Waals surface area contributed by atoms with E-state index in [9.17, 15) is 0 Å². The van der Waals surface area contributed by atoms with Gasteiger partial charge < -0.3 is 14.0 Å². The van der Waals surface area contributed by atoms with Gasteiger partial charge in [0.15, 0.2) is 0 Å². The lowest BCUT2D eigenvalue weighted by atomic mass is 9.72. The monoisotopic (exact) mass is 212 g/mol. The van der Waals surface area contributed by atoms with Crippen molar-refractivity contribution < 1.29 is 14.0 Å². The molecule has 4 heterocycles. The van der Waals surface area contributed by atoms with Crippen LogP contribution in [0.25, 0.3) is 0 Å². The van der Waals surface area contributed by atoms with Crippen LogP contribution in [0.2, 0.25) is 0 Å². The minimum Gasteiger partial charge on any atom is -0.539 e. The first kappa shape index (κ1) is 8.85. The summed E-state index contributed by atoms with van der Waals surface area (Å²) in [6, 6.07) is 0. The second-order valence-corrected chi connectivity index (χ2v) is 5.18. The zero-order valence-corrected chi connectivity index (χ0v) is 8.75. The van der Waals surface area contributed by atoms with Crippen LogP contribution in [0.3, 0.4) is 0 Å². The third kappa shape index (κ3) is 1.15. The second kappa shape index (κ2) is 2.79. The molecule has 3 saturated heterocycles. The molecular formula is C8H11BNO3S-. The molecule has 3 fully saturated rings. The Kier molecular flexibility index (Phi) is 1.76. The first-order valence-corrected chi connectivity index (χ1v) is 5.56. The maximum absolute atomic E-state index is 5.68. The van der Waals surface area contributed by atoms with Crippen LogP contribution < -0.4 is 4.91 Å². The third-order valence-electron chi connectivity index (χ3n) is 2.71. The van der Waals surface area contributed by atoms with E-state index < -0.39 is 6.75 Å². The van der Waals surface area contributed by atoms with Crippen LogP contribution in [0.5, 0.6) is 0 Å². The summed E-state index contributed by atoms with van der Waals surface area (Å²) >= 11 is 1.52. The lowest BCUT2D eigenvalue weighted by molar-refractivity contribution is -0.119. The van der Waals surface area contributed by atoms with Crippen molar-refractivity contribution in [2.75, 3.05) is 19.8 Å². The molecule has 4 rings (SSSR count). The average Bonchev–Trinajstić information content (AvgIpc) is 2.73. The van der Waals surface area contributed by atoms with Crippen molar-refractivity contribution in [3.8, 4) is 0 Å².